The molecule has 0 radical (unpaired) electrons. The summed E-state index contributed by atoms with van der Waals surface area (Å²) in [6.45, 7) is 2.21. The van der Waals surface area contributed by atoms with Crippen LogP contribution in [0.25, 0.3) is 0 Å². The van der Waals surface area contributed by atoms with Gasteiger partial charge < -0.3 is 14.6 Å². The van der Waals surface area contributed by atoms with E-state index in [9.17, 15) is 14.7 Å². The zero-order valence-corrected chi connectivity index (χ0v) is 15.7. The van der Waals surface area contributed by atoms with Gasteiger partial charge in [-0.2, -0.15) is 0 Å². The Kier molecular flexibility index (Phi) is 5.49. The van der Waals surface area contributed by atoms with Crippen LogP contribution in [0.1, 0.15) is 65.3 Å². The van der Waals surface area contributed by atoms with Gasteiger partial charge in [-0.1, -0.05) is 38.3 Å². The van der Waals surface area contributed by atoms with Gasteiger partial charge in [-0.3, -0.25) is 0 Å². The number of para-hydroxylation sites is 1. The highest BCUT2D eigenvalue weighted by Gasteiger charge is 2.32. The first-order chi connectivity index (χ1) is 12.9. The minimum Gasteiger partial charge on any atom is -0.496 e. The number of methoxy groups -OCH3 is 1. The minimum absolute atomic E-state index is 0.0382. The van der Waals surface area contributed by atoms with Gasteiger partial charge in [0.2, 0.25) is 0 Å². The number of benzene rings is 2. The maximum absolute atomic E-state index is 12.7. The Labute approximate surface area is 158 Å². The van der Waals surface area contributed by atoms with Crippen molar-refractivity contribution in [2.24, 2.45) is 0 Å². The number of carbonyl (C=O) groups is 2. The third-order valence-electron chi connectivity index (χ3n) is 5.36. The lowest BCUT2D eigenvalue weighted by molar-refractivity contribution is 0.0681. The highest BCUT2D eigenvalue weighted by atomic mass is 16.5. The minimum atomic E-state index is -1.14. The summed E-state index contributed by atoms with van der Waals surface area (Å²) >= 11 is 0. The van der Waals surface area contributed by atoms with Crippen molar-refractivity contribution in [2.75, 3.05) is 7.11 Å². The third kappa shape index (κ3) is 3.97. The molecule has 0 spiro atoms. The quantitative estimate of drug-likeness (QED) is 0.604. The number of carboxylic acid groups (broad SMARTS) is 1. The molecule has 1 aliphatic carbocycles. The van der Waals surface area contributed by atoms with E-state index in [4.69, 9.17) is 9.47 Å². The largest absolute Gasteiger partial charge is 0.496 e. The SMILES string of the molecule is COc1ccc(C(=O)Oc2ccccc2C(=O)O)cc1C1(C)CCCCC1. The molecule has 0 heterocycles. The van der Waals surface area contributed by atoms with Crippen LogP contribution in [0.5, 0.6) is 11.5 Å². The smallest absolute Gasteiger partial charge is 0.343 e. The molecule has 0 bridgehead atoms. The fourth-order valence-electron chi connectivity index (χ4n) is 3.80. The topological polar surface area (TPSA) is 72.8 Å². The molecule has 142 valence electrons. The molecule has 0 saturated heterocycles. The van der Waals surface area contributed by atoms with Gasteiger partial charge in [-0.15, -0.1) is 0 Å². The van der Waals surface area contributed by atoms with Crippen molar-refractivity contribution >= 4 is 11.9 Å². The fourth-order valence-corrected chi connectivity index (χ4v) is 3.80. The van der Waals surface area contributed by atoms with Gasteiger partial charge in [0.1, 0.15) is 17.1 Å². The van der Waals surface area contributed by atoms with Gasteiger partial charge in [-0.25, -0.2) is 9.59 Å². The van der Waals surface area contributed by atoms with Gasteiger partial charge in [0, 0.05) is 5.56 Å². The summed E-state index contributed by atoms with van der Waals surface area (Å²) in [5, 5.41) is 9.26. The number of hydrogen-bond donors (Lipinski definition) is 1. The van der Waals surface area contributed by atoms with Gasteiger partial charge >= 0.3 is 11.9 Å². The molecule has 5 heteroatoms. The summed E-state index contributed by atoms with van der Waals surface area (Å²) < 4.78 is 10.9. The van der Waals surface area contributed by atoms with Crippen molar-refractivity contribution < 1.29 is 24.2 Å². The molecule has 2 aromatic rings. The number of hydrogen-bond acceptors (Lipinski definition) is 4. The summed E-state index contributed by atoms with van der Waals surface area (Å²) in [5.41, 5.74) is 1.31. The summed E-state index contributed by atoms with van der Waals surface area (Å²) in [6, 6.07) is 11.4. The number of aromatic carboxylic acids is 1. The highest BCUT2D eigenvalue weighted by molar-refractivity contribution is 5.95. The van der Waals surface area contributed by atoms with Crippen LogP contribution in [0.4, 0.5) is 0 Å². The average Bonchev–Trinajstić information content (AvgIpc) is 2.68. The van der Waals surface area contributed by atoms with E-state index in [0.717, 1.165) is 37.0 Å². The van der Waals surface area contributed by atoms with E-state index in [1.807, 2.05) is 6.07 Å². The zero-order valence-electron chi connectivity index (χ0n) is 15.7. The number of esters is 1. The Morgan fingerprint density at radius 3 is 2.37 bits per heavy atom. The molecule has 2 aromatic carbocycles. The molecule has 0 aromatic heterocycles. The van der Waals surface area contributed by atoms with E-state index in [2.05, 4.69) is 6.92 Å². The molecule has 0 aliphatic heterocycles. The molecule has 1 aliphatic rings. The molecule has 1 N–H and O–H groups in total. The lowest BCUT2D eigenvalue weighted by Crippen LogP contribution is -2.26. The van der Waals surface area contributed by atoms with Crippen molar-refractivity contribution in [2.45, 2.75) is 44.4 Å². The van der Waals surface area contributed by atoms with E-state index >= 15 is 0 Å². The Balaban J connectivity index is 1.92. The normalized spacial score (nSPS) is 15.8. The molecule has 27 heavy (non-hydrogen) atoms. The molecule has 0 atom stereocenters. The second-order valence-corrected chi connectivity index (χ2v) is 7.23. The second-order valence-electron chi connectivity index (χ2n) is 7.23. The Morgan fingerprint density at radius 1 is 1.00 bits per heavy atom. The van der Waals surface area contributed by atoms with Crippen LogP contribution in [0.3, 0.4) is 0 Å². The molecule has 5 nitrogen and oxygen atoms in total. The van der Waals surface area contributed by atoms with Crippen LogP contribution in [0.2, 0.25) is 0 Å². The van der Waals surface area contributed by atoms with E-state index in [0.29, 0.717) is 5.56 Å². The second kappa shape index (κ2) is 7.82. The van der Waals surface area contributed by atoms with Gasteiger partial charge in [0.25, 0.3) is 0 Å². The van der Waals surface area contributed by atoms with Crippen LogP contribution >= 0.6 is 0 Å². The van der Waals surface area contributed by atoms with Crippen molar-refractivity contribution in [1.82, 2.24) is 0 Å². The maximum Gasteiger partial charge on any atom is 0.343 e. The number of ether oxygens (including phenoxy) is 2. The van der Waals surface area contributed by atoms with Crippen molar-refractivity contribution in [3.63, 3.8) is 0 Å². The lowest BCUT2D eigenvalue weighted by Gasteiger charge is -2.35. The molecule has 3 rings (SSSR count). The van der Waals surface area contributed by atoms with Crippen LogP contribution in [-0.2, 0) is 5.41 Å². The van der Waals surface area contributed by atoms with E-state index in [-0.39, 0.29) is 16.7 Å². The van der Waals surface area contributed by atoms with Gasteiger partial charge in [-0.05, 0) is 48.6 Å². The Hall–Kier alpha value is -2.82. The number of carboxylic acids is 1. The third-order valence-corrected chi connectivity index (χ3v) is 5.36. The Bertz CT molecular complexity index is 850. The molecular weight excluding hydrogens is 344 g/mol. The van der Waals surface area contributed by atoms with E-state index in [1.165, 1.54) is 18.6 Å². The first-order valence-corrected chi connectivity index (χ1v) is 9.17. The number of carbonyl (C=O) groups excluding carboxylic acids is 1. The Morgan fingerprint density at radius 2 is 1.70 bits per heavy atom. The molecule has 0 amide bonds. The van der Waals surface area contributed by atoms with Gasteiger partial charge in [0.15, 0.2) is 0 Å². The number of rotatable bonds is 5. The first-order valence-electron chi connectivity index (χ1n) is 9.17. The molecular formula is C22H24O5. The van der Waals surface area contributed by atoms with Gasteiger partial charge in [0.05, 0.1) is 12.7 Å². The highest BCUT2D eigenvalue weighted by Crippen LogP contribution is 2.43. The average molecular weight is 368 g/mol. The van der Waals surface area contributed by atoms with Crippen molar-refractivity contribution in [3.8, 4) is 11.5 Å². The maximum atomic E-state index is 12.7. The van der Waals surface area contributed by atoms with Crippen molar-refractivity contribution in [3.05, 3.63) is 59.2 Å². The molecule has 1 saturated carbocycles. The van der Waals surface area contributed by atoms with E-state index in [1.54, 1.807) is 31.4 Å². The monoisotopic (exact) mass is 368 g/mol. The van der Waals surface area contributed by atoms with Crippen molar-refractivity contribution in [1.29, 1.82) is 0 Å². The molecule has 1 fully saturated rings. The summed E-state index contributed by atoms with van der Waals surface area (Å²) in [4.78, 5) is 24.0. The first kappa shape index (κ1) is 19.0. The van der Waals surface area contributed by atoms with Crippen LogP contribution in [0.15, 0.2) is 42.5 Å². The van der Waals surface area contributed by atoms with E-state index < -0.39 is 11.9 Å². The molecule has 0 unspecified atom stereocenters. The fraction of sp³-hybridized carbons (Fsp3) is 0.364. The zero-order chi connectivity index (χ0) is 19.4. The summed E-state index contributed by atoms with van der Waals surface area (Å²) in [5.74, 6) is -0.909. The predicted octanol–water partition coefficient (Wildman–Crippen LogP) is 4.83. The summed E-state index contributed by atoms with van der Waals surface area (Å²) in [7, 11) is 1.63. The standard InChI is InChI=1S/C22H24O5/c1-22(12-6-3-7-13-22)17-14-15(10-11-19(17)26-2)21(25)27-18-9-5-4-8-16(18)20(23)24/h4-5,8-11,14H,3,6-7,12-13H2,1-2H3,(H,23,24). The predicted molar refractivity (Wildman–Crippen MR) is 102 cm³/mol. The van der Waals surface area contributed by atoms with Crippen LogP contribution in [0, 0.1) is 0 Å². The van der Waals surface area contributed by atoms with Crippen LogP contribution < -0.4 is 9.47 Å². The lowest BCUT2D eigenvalue weighted by atomic mass is 9.70. The summed E-state index contributed by atoms with van der Waals surface area (Å²) in [6.07, 6.45) is 5.62. The van der Waals surface area contributed by atoms with Crippen LogP contribution in [-0.4, -0.2) is 24.2 Å².